The average Bonchev–Trinajstić information content (AvgIpc) is 2.31. The lowest BCUT2D eigenvalue weighted by Gasteiger charge is -2.09. The van der Waals surface area contributed by atoms with Crippen LogP contribution in [0.5, 0.6) is 5.75 Å². The zero-order valence-corrected chi connectivity index (χ0v) is 11.5. The van der Waals surface area contributed by atoms with Crippen molar-refractivity contribution in [1.82, 2.24) is 9.97 Å². The predicted octanol–water partition coefficient (Wildman–Crippen LogP) is 1.84. The lowest BCUT2D eigenvalue weighted by Crippen LogP contribution is -2.05. The number of methoxy groups -OCH3 is 1. The highest BCUT2D eigenvalue weighted by Gasteiger charge is 2.07. The Morgan fingerprint density at radius 1 is 1.29 bits per heavy atom. The Bertz CT molecular complexity index is 533. The maximum atomic E-state index is 5.80. The molecule has 0 atom stereocenters. The second-order valence-corrected chi connectivity index (χ2v) is 4.56. The van der Waals surface area contributed by atoms with Gasteiger partial charge in [0, 0.05) is 12.5 Å². The van der Waals surface area contributed by atoms with Gasteiger partial charge in [0.15, 0.2) is 0 Å². The molecular formula is C11H12IN3O2. The number of nitrogen functional groups attached to an aromatic ring is 1. The lowest BCUT2D eigenvalue weighted by atomic mass is 10.2. The molecule has 5 nitrogen and oxygen atoms in total. The molecule has 0 spiro atoms. The Morgan fingerprint density at radius 3 is 2.88 bits per heavy atom. The Labute approximate surface area is 112 Å². The molecule has 6 heteroatoms. The first-order valence-corrected chi connectivity index (χ1v) is 6.11. The fourth-order valence-corrected chi connectivity index (χ4v) is 2.03. The molecule has 0 saturated carbocycles. The van der Waals surface area contributed by atoms with Crippen LogP contribution in [0.3, 0.4) is 0 Å². The molecule has 0 fully saturated rings. The highest BCUT2D eigenvalue weighted by atomic mass is 127. The van der Waals surface area contributed by atoms with Crippen molar-refractivity contribution < 1.29 is 9.47 Å². The predicted molar refractivity (Wildman–Crippen MR) is 74.0 cm³/mol. The molecule has 0 amide bonds. The van der Waals surface area contributed by atoms with E-state index in [1.54, 1.807) is 7.11 Å². The van der Waals surface area contributed by atoms with Crippen LogP contribution in [0.25, 0.3) is 10.9 Å². The van der Waals surface area contributed by atoms with Gasteiger partial charge in [0.2, 0.25) is 0 Å². The Hall–Kier alpha value is -1.15. The number of rotatable bonds is 4. The molecule has 1 aromatic heterocycles. The molecule has 90 valence electrons. The van der Waals surface area contributed by atoms with Crippen LogP contribution in [0.15, 0.2) is 18.5 Å². The van der Waals surface area contributed by atoms with E-state index in [0.29, 0.717) is 19.0 Å². The zero-order valence-electron chi connectivity index (χ0n) is 9.31. The van der Waals surface area contributed by atoms with E-state index in [1.165, 1.54) is 6.33 Å². The van der Waals surface area contributed by atoms with Gasteiger partial charge >= 0.3 is 0 Å². The number of hydrogen-bond donors (Lipinski definition) is 1. The lowest BCUT2D eigenvalue weighted by molar-refractivity contribution is 0.146. The van der Waals surface area contributed by atoms with Crippen molar-refractivity contribution in [2.24, 2.45) is 0 Å². The largest absolute Gasteiger partial charge is 0.490 e. The summed E-state index contributed by atoms with van der Waals surface area (Å²) < 4.78 is 11.5. The van der Waals surface area contributed by atoms with Crippen LogP contribution in [0.1, 0.15) is 0 Å². The highest BCUT2D eigenvalue weighted by molar-refractivity contribution is 14.1. The minimum Gasteiger partial charge on any atom is -0.490 e. The number of hydrogen-bond acceptors (Lipinski definition) is 5. The molecule has 0 aliphatic carbocycles. The van der Waals surface area contributed by atoms with Crippen molar-refractivity contribution in [2.75, 3.05) is 26.1 Å². The van der Waals surface area contributed by atoms with Gasteiger partial charge in [0.25, 0.3) is 0 Å². The number of aromatic nitrogens is 2. The summed E-state index contributed by atoms with van der Waals surface area (Å²) in [4.78, 5) is 8.12. The Morgan fingerprint density at radius 2 is 2.12 bits per heavy atom. The van der Waals surface area contributed by atoms with E-state index in [9.17, 15) is 0 Å². The molecule has 0 radical (unpaired) electrons. The minimum atomic E-state index is 0.461. The van der Waals surface area contributed by atoms with Crippen LogP contribution in [0.4, 0.5) is 5.82 Å². The quantitative estimate of drug-likeness (QED) is 0.676. The van der Waals surface area contributed by atoms with E-state index >= 15 is 0 Å². The van der Waals surface area contributed by atoms with E-state index in [-0.39, 0.29) is 0 Å². The van der Waals surface area contributed by atoms with Crippen molar-refractivity contribution in [3.05, 3.63) is 22.0 Å². The molecule has 0 bridgehead atoms. The first-order valence-electron chi connectivity index (χ1n) is 5.04. The van der Waals surface area contributed by atoms with E-state index in [1.807, 2.05) is 12.1 Å². The van der Waals surface area contributed by atoms with Gasteiger partial charge in [-0.3, -0.25) is 0 Å². The van der Waals surface area contributed by atoms with Gasteiger partial charge in [0.05, 0.1) is 15.7 Å². The van der Waals surface area contributed by atoms with Gasteiger partial charge in [0.1, 0.15) is 24.5 Å². The molecule has 17 heavy (non-hydrogen) atoms. The van der Waals surface area contributed by atoms with Gasteiger partial charge in [-0.25, -0.2) is 9.97 Å². The summed E-state index contributed by atoms with van der Waals surface area (Å²) in [7, 11) is 1.64. The number of nitrogens with two attached hydrogens (primary N) is 1. The number of ether oxygens (including phenoxy) is 2. The molecule has 2 N–H and O–H groups in total. The Balaban J connectivity index is 2.36. The highest BCUT2D eigenvalue weighted by Crippen LogP contribution is 2.28. The van der Waals surface area contributed by atoms with E-state index < -0.39 is 0 Å². The topological polar surface area (TPSA) is 70.3 Å². The number of benzene rings is 1. The van der Waals surface area contributed by atoms with Crippen molar-refractivity contribution in [3.8, 4) is 5.75 Å². The molecule has 2 aromatic rings. The van der Waals surface area contributed by atoms with Crippen LogP contribution in [-0.4, -0.2) is 30.3 Å². The Kier molecular flexibility index (Phi) is 3.95. The molecule has 1 heterocycles. The third kappa shape index (κ3) is 2.75. The third-order valence-electron chi connectivity index (χ3n) is 2.26. The van der Waals surface area contributed by atoms with Gasteiger partial charge in [-0.05, 0) is 34.7 Å². The summed E-state index contributed by atoms with van der Waals surface area (Å²) in [6.45, 7) is 1.06. The smallest absolute Gasteiger partial charge is 0.134 e. The van der Waals surface area contributed by atoms with Gasteiger partial charge in [-0.1, -0.05) is 0 Å². The third-order valence-corrected chi connectivity index (χ3v) is 3.11. The molecule has 0 aliphatic heterocycles. The van der Waals surface area contributed by atoms with Gasteiger partial charge in [-0.2, -0.15) is 0 Å². The molecule has 0 unspecified atom stereocenters. The molecule has 0 aliphatic rings. The summed E-state index contributed by atoms with van der Waals surface area (Å²) in [5, 5.41) is 0.806. The maximum Gasteiger partial charge on any atom is 0.134 e. The second-order valence-electron chi connectivity index (χ2n) is 3.40. The number of nitrogens with zero attached hydrogens (tertiary/aromatic N) is 2. The van der Waals surface area contributed by atoms with Crippen LogP contribution < -0.4 is 10.5 Å². The fraction of sp³-hybridized carbons (Fsp3) is 0.273. The summed E-state index contributed by atoms with van der Waals surface area (Å²) in [6.07, 6.45) is 1.46. The number of anilines is 1. The van der Waals surface area contributed by atoms with Gasteiger partial charge < -0.3 is 15.2 Å². The van der Waals surface area contributed by atoms with Gasteiger partial charge in [-0.15, -0.1) is 0 Å². The van der Waals surface area contributed by atoms with Crippen molar-refractivity contribution in [1.29, 1.82) is 0 Å². The summed E-state index contributed by atoms with van der Waals surface area (Å²) in [5.74, 6) is 1.24. The molecule has 2 rings (SSSR count). The van der Waals surface area contributed by atoms with Crippen LogP contribution in [0.2, 0.25) is 0 Å². The summed E-state index contributed by atoms with van der Waals surface area (Å²) >= 11 is 2.20. The van der Waals surface area contributed by atoms with Crippen molar-refractivity contribution >= 4 is 39.3 Å². The minimum absolute atomic E-state index is 0.461. The number of fused-ring (bicyclic) bond motifs is 1. The van der Waals surface area contributed by atoms with Crippen LogP contribution in [0, 0.1) is 3.57 Å². The van der Waals surface area contributed by atoms with E-state index in [2.05, 4.69) is 32.6 Å². The first kappa shape index (κ1) is 12.3. The standard InChI is InChI=1S/C11H12IN3O2/c1-16-2-3-17-10-4-7-9(5-8(10)12)14-6-15-11(7)13/h4-6H,2-3H2,1H3,(H2,13,14,15). The van der Waals surface area contributed by atoms with Crippen LogP contribution >= 0.6 is 22.6 Å². The monoisotopic (exact) mass is 345 g/mol. The normalized spacial score (nSPS) is 10.7. The summed E-state index contributed by atoms with van der Waals surface area (Å²) in [6, 6.07) is 3.79. The maximum absolute atomic E-state index is 5.80. The van der Waals surface area contributed by atoms with E-state index in [4.69, 9.17) is 15.2 Å². The second kappa shape index (κ2) is 5.46. The van der Waals surface area contributed by atoms with E-state index in [0.717, 1.165) is 20.2 Å². The van der Waals surface area contributed by atoms with Crippen molar-refractivity contribution in [3.63, 3.8) is 0 Å². The fourth-order valence-electron chi connectivity index (χ4n) is 1.42. The zero-order chi connectivity index (χ0) is 12.3. The summed E-state index contributed by atoms with van der Waals surface area (Å²) in [5.41, 5.74) is 6.62. The average molecular weight is 345 g/mol. The first-order chi connectivity index (χ1) is 8.22. The molecule has 0 saturated heterocycles. The van der Waals surface area contributed by atoms with Crippen LogP contribution in [-0.2, 0) is 4.74 Å². The molecular weight excluding hydrogens is 333 g/mol. The number of halogens is 1. The SMILES string of the molecule is COCCOc1cc2c(N)ncnc2cc1I. The molecule has 1 aromatic carbocycles. The van der Waals surface area contributed by atoms with Crippen molar-refractivity contribution in [2.45, 2.75) is 0 Å².